The lowest BCUT2D eigenvalue weighted by molar-refractivity contribution is -0.126. The third kappa shape index (κ3) is 4.65. The van der Waals surface area contributed by atoms with Gasteiger partial charge in [0.2, 0.25) is 5.91 Å². The second-order valence-electron chi connectivity index (χ2n) is 9.00. The number of hydrogen-bond acceptors (Lipinski definition) is 6. The van der Waals surface area contributed by atoms with Crippen molar-refractivity contribution in [3.63, 3.8) is 0 Å². The molecule has 0 unspecified atom stereocenters. The minimum Gasteiger partial charge on any atom is -0.355 e. The topological polar surface area (TPSA) is 75.4 Å². The van der Waals surface area contributed by atoms with Gasteiger partial charge in [-0.2, -0.15) is 4.52 Å². The number of carbonyl (C=O) groups excluding carboxylic acids is 1. The van der Waals surface area contributed by atoms with Crippen LogP contribution in [-0.2, 0) is 4.79 Å². The molecule has 0 aliphatic carbocycles. The molecule has 1 aromatic carbocycles. The molecule has 4 heterocycles. The van der Waals surface area contributed by atoms with E-state index in [1.54, 1.807) is 15.9 Å². The molecule has 0 bridgehead atoms. The predicted octanol–water partition coefficient (Wildman–Crippen LogP) is 5.24. The van der Waals surface area contributed by atoms with Crippen molar-refractivity contribution < 1.29 is 4.79 Å². The summed E-state index contributed by atoms with van der Waals surface area (Å²) in [5.74, 6) is 2.05. The van der Waals surface area contributed by atoms with Crippen LogP contribution in [0.3, 0.4) is 0 Å². The molecule has 7 nitrogen and oxygen atoms in total. The summed E-state index contributed by atoms with van der Waals surface area (Å²) in [6, 6.07) is 15.6. The maximum Gasteiger partial charge on any atom is 0.223 e. The highest BCUT2D eigenvalue weighted by atomic mass is 35.5. The normalized spacial score (nSPS) is 15.7. The molecule has 5 rings (SSSR count). The van der Waals surface area contributed by atoms with Crippen LogP contribution < -0.4 is 10.2 Å². The van der Waals surface area contributed by atoms with Crippen molar-refractivity contribution in [3.8, 4) is 11.4 Å². The standard InChI is InChI=1S/C25H27ClN6OS/c1-16(2)23(20-4-3-15-34-20)27-25(33)18-11-13-31(14-12-18)22-10-9-21-28-29-24(32(21)30-22)17-5-7-19(26)8-6-17/h3-10,15-16,18,23H,11-14H2,1-2H3,(H,27,33)/t23-/m0/s1. The molecule has 1 amide bonds. The summed E-state index contributed by atoms with van der Waals surface area (Å²) in [6.45, 7) is 5.86. The van der Waals surface area contributed by atoms with Crippen molar-refractivity contribution in [2.24, 2.45) is 11.8 Å². The summed E-state index contributed by atoms with van der Waals surface area (Å²) in [5.41, 5.74) is 1.60. The van der Waals surface area contributed by atoms with Gasteiger partial charge in [-0.25, -0.2) is 0 Å². The van der Waals surface area contributed by atoms with Gasteiger partial charge >= 0.3 is 0 Å². The van der Waals surface area contributed by atoms with Gasteiger partial charge in [0.05, 0.1) is 6.04 Å². The number of carbonyl (C=O) groups is 1. The highest BCUT2D eigenvalue weighted by Crippen LogP contribution is 2.28. The number of rotatable bonds is 6. The second-order valence-corrected chi connectivity index (χ2v) is 10.4. The van der Waals surface area contributed by atoms with Gasteiger partial charge in [0.1, 0.15) is 5.82 Å². The van der Waals surface area contributed by atoms with E-state index in [4.69, 9.17) is 16.7 Å². The third-order valence-corrected chi connectivity index (χ3v) is 7.56. The van der Waals surface area contributed by atoms with E-state index < -0.39 is 0 Å². The van der Waals surface area contributed by atoms with Gasteiger partial charge in [-0.15, -0.1) is 26.6 Å². The molecule has 4 aromatic rings. The number of thiophene rings is 1. The van der Waals surface area contributed by atoms with E-state index in [9.17, 15) is 4.79 Å². The van der Waals surface area contributed by atoms with Crippen molar-refractivity contribution in [3.05, 3.63) is 63.8 Å². The van der Waals surface area contributed by atoms with E-state index in [0.29, 0.717) is 22.4 Å². The van der Waals surface area contributed by atoms with Crippen LogP contribution in [0.25, 0.3) is 17.0 Å². The third-order valence-electron chi connectivity index (χ3n) is 6.36. The average Bonchev–Trinajstić information content (AvgIpc) is 3.53. The fourth-order valence-electron chi connectivity index (χ4n) is 4.40. The van der Waals surface area contributed by atoms with E-state index in [2.05, 4.69) is 45.7 Å². The van der Waals surface area contributed by atoms with Crippen molar-refractivity contribution in [1.29, 1.82) is 0 Å². The van der Waals surface area contributed by atoms with Crippen LogP contribution in [0, 0.1) is 11.8 Å². The molecular weight excluding hydrogens is 468 g/mol. The zero-order chi connectivity index (χ0) is 23.7. The van der Waals surface area contributed by atoms with Gasteiger partial charge < -0.3 is 10.2 Å². The molecule has 1 N–H and O–H groups in total. The Morgan fingerprint density at radius 1 is 1.09 bits per heavy atom. The maximum absolute atomic E-state index is 13.0. The number of benzene rings is 1. The van der Waals surface area contributed by atoms with E-state index in [1.165, 1.54) is 4.88 Å². The van der Waals surface area contributed by atoms with Crippen molar-refractivity contribution in [1.82, 2.24) is 25.1 Å². The van der Waals surface area contributed by atoms with Crippen molar-refractivity contribution in [2.75, 3.05) is 18.0 Å². The summed E-state index contributed by atoms with van der Waals surface area (Å²) in [5, 5.41) is 19.4. The number of piperidine rings is 1. The minimum absolute atomic E-state index is 0.0146. The van der Waals surface area contributed by atoms with E-state index in [-0.39, 0.29) is 17.9 Å². The van der Waals surface area contributed by atoms with Crippen LogP contribution in [0.4, 0.5) is 5.82 Å². The van der Waals surface area contributed by atoms with E-state index in [0.717, 1.165) is 37.3 Å². The first-order chi connectivity index (χ1) is 16.5. The van der Waals surface area contributed by atoms with Crippen LogP contribution in [0.15, 0.2) is 53.9 Å². The summed E-state index contributed by atoms with van der Waals surface area (Å²) in [7, 11) is 0. The Morgan fingerprint density at radius 2 is 1.85 bits per heavy atom. The molecule has 34 heavy (non-hydrogen) atoms. The van der Waals surface area contributed by atoms with Crippen molar-refractivity contribution in [2.45, 2.75) is 32.7 Å². The van der Waals surface area contributed by atoms with E-state index in [1.807, 2.05) is 42.5 Å². The zero-order valence-electron chi connectivity index (χ0n) is 19.2. The first-order valence-corrected chi connectivity index (χ1v) is 12.8. The number of nitrogens with zero attached hydrogens (tertiary/aromatic N) is 5. The van der Waals surface area contributed by atoms with Gasteiger partial charge in [0, 0.05) is 34.5 Å². The first-order valence-electron chi connectivity index (χ1n) is 11.6. The molecule has 1 fully saturated rings. The number of amides is 1. The molecule has 1 saturated heterocycles. The molecule has 0 spiro atoms. The Labute approximate surface area is 207 Å². The van der Waals surface area contributed by atoms with Gasteiger partial charge in [-0.05, 0) is 66.6 Å². The number of anilines is 1. The lowest BCUT2D eigenvalue weighted by atomic mass is 9.94. The highest BCUT2D eigenvalue weighted by molar-refractivity contribution is 7.10. The average molecular weight is 495 g/mol. The quantitative estimate of drug-likeness (QED) is 0.397. The highest BCUT2D eigenvalue weighted by Gasteiger charge is 2.29. The second kappa shape index (κ2) is 9.72. The maximum atomic E-state index is 13.0. The Morgan fingerprint density at radius 3 is 2.53 bits per heavy atom. The summed E-state index contributed by atoms with van der Waals surface area (Å²) in [6.07, 6.45) is 1.60. The number of halogens is 1. The zero-order valence-corrected chi connectivity index (χ0v) is 20.8. The molecule has 0 radical (unpaired) electrons. The molecule has 3 aromatic heterocycles. The molecular formula is C25H27ClN6OS. The molecule has 1 aliphatic heterocycles. The van der Waals surface area contributed by atoms with Gasteiger partial charge in [-0.1, -0.05) is 31.5 Å². The molecule has 0 saturated carbocycles. The Kier molecular flexibility index (Phi) is 6.52. The Balaban J connectivity index is 1.27. The summed E-state index contributed by atoms with van der Waals surface area (Å²) in [4.78, 5) is 16.5. The monoisotopic (exact) mass is 494 g/mol. The van der Waals surface area contributed by atoms with Crippen LogP contribution in [0.1, 0.15) is 37.6 Å². The molecule has 9 heteroatoms. The van der Waals surface area contributed by atoms with Gasteiger partial charge in [-0.3, -0.25) is 4.79 Å². The first kappa shape index (κ1) is 22.8. The van der Waals surface area contributed by atoms with E-state index >= 15 is 0 Å². The van der Waals surface area contributed by atoms with Crippen LogP contribution in [-0.4, -0.2) is 38.8 Å². The smallest absolute Gasteiger partial charge is 0.223 e. The molecule has 176 valence electrons. The van der Waals surface area contributed by atoms with Crippen LogP contribution in [0.2, 0.25) is 5.02 Å². The summed E-state index contributed by atoms with van der Waals surface area (Å²) >= 11 is 7.73. The van der Waals surface area contributed by atoms with Crippen LogP contribution in [0.5, 0.6) is 0 Å². The number of aromatic nitrogens is 4. The van der Waals surface area contributed by atoms with Gasteiger partial charge in [0.15, 0.2) is 11.5 Å². The van der Waals surface area contributed by atoms with Crippen molar-refractivity contribution >= 4 is 40.3 Å². The number of nitrogens with one attached hydrogen (secondary N) is 1. The molecule has 1 aliphatic rings. The minimum atomic E-state index is 0.0146. The predicted molar refractivity (Wildman–Crippen MR) is 136 cm³/mol. The number of fused-ring (bicyclic) bond motifs is 1. The SMILES string of the molecule is CC(C)[C@H](NC(=O)C1CCN(c2ccc3nnc(-c4ccc(Cl)cc4)n3n2)CC1)c1cccs1. The Hall–Kier alpha value is -2.97. The Bertz CT molecular complexity index is 1260. The largest absolute Gasteiger partial charge is 0.355 e. The fourth-order valence-corrected chi connectivity index (χ4v) is 5.48. The lowest BCUT2D eigenvalue weighted by Crippen LogP contribution is -2.42. The number of hydrogen-bond donors (Lipinski definition) is 1. The molecule has 1 atom stereocenters. The summed E-state index contributed by atoms with van der Waals surface area (Å²) < 4.78 is 1.77. The fraction of sp³-hybridized carbons (Fsp3) is 0.360. The van der Waals surface area contributed by atoms with Crippen LogP contribution >= 0.6 is 22.9 Å². The lowest BCUT2D eigenvalue weighted by Gasteiger charge is -2.33. The van der Waals surface area contributed by atoms with Gasteiger partial charge in [0.25, 0.3) is 0 Å².